The molecule has 1 unspecified atom stereocenters. The lowest BCUT2D eigenvalue weighted by Gasteiger charge is -2.38. The average Bonchev–Trinajstić information content (AvgIpc) is 3.02. The Bertz CT molecular complexity index is 1650. The molecular weight excluding hydrogens is 560 g/mol. The molecule has 1 aromatic heterocycles. The van der Waals surface area contributed by atoms with Crippen LogP contribution in [0, 0.1) is 10.1 Å². The summed E-state index contributed by atoms with van der Waals surface area (Å²) < 4.78 is 48.1. The van der Waals surface area contributed by atoms with Gasteiger partial charge in [-0.1, -0.05) is 36.4 Å². The van der Waals surface area contributed by atoms with Crippen LogP contribution in [-0.2, 0) is 17.2 Å². The molecule has 0 amide bonds. The molecule has 0 spiro atoms. The summed E-state index contributed by atoms with van der Waals surface area (Å²) >= 11 is 0. The zero-order chi connectivity index (χ0) is 30.7. The molecule has 5 rings (SSSR count). The van der Waals surface area contributed by atoms with E-state index in [1.165, 1.54) is 44.6 Å². The quantitative estimate of drug-likeness (QED) is 0.114. The van der Waals surface area contributed by atoms with E-state index in [9.17, 15) is 14.9 Å². The molecule has 1 aliphatic rings. The first kappa shape index (κ1) is 29.8. The summed E-state index contributed by atoms with van der Waals surface area (Å²) in [6.45, 7) is 2.51. The number of carbonyl (C=O) groups is 1. The monoisotopic (exact) mass is 591 g/mol. The molecule has 0 aliphatic carbocycles. The molecule has 1 saturated heterocycles. The van der Waals surface area contributed by atoms with Crippen molar-refractivity contribution in [3.8, 4) is 11.5 Å². The van der Waals surface area contributed by atoms with Gasteiger partial charge in [-0.3, -0.25) is 14.9 Å². The Morgan fingerprint density at radius 2 is 1.88 bits per heavy atom. The number of hydrogen-bond donors (Lipinski definition) is 0. The van der Waals surface area contributed by atoms with E-state index in [2.05, 4.69) is 4.98 Å². The first-order valence-corrected chi connectivity index (χ1v) is 13.8. The summed E-state index contributed by atoms with van der Waals surface area (Å²) in [4.78, 5) is 30.9. The summed E-state index contributed by atoms with van der Waals surface area (Å²) in [6.07, 6.45) is 2.11. The number of methoxy groups -OCH3 is 2. The number of halogens is 2. The third-order valence-electron chi connectivity index (χ3n) is 7.72. The molecule has 4 aromatic rings. The molecule has 0 radical (unpaired) electrons. The molecule has 1 aliphatic heterocycles. The minimum atomic E-state index is -3.89. The number of alkyl halides is 2. The maximum atomic E-state index is 15.7. The highest BCUT2D eigenvalue weighted by Gasteiger charge is 2.42. The summed E-state index contributed by atoms with van der Waals surface area (Å²) in [5, 5.41) is 12.6. The number of benzene rings is 3. The van der Waals surface area contributed by atoms with Gasteiger partial charge in [0.1, 0.15) is 23.4 Å². The predicted octanol–water partition coefficient (Wildman–Crippen LogP) is 6.71. The van der Waals surface area contributed by atoms with Gasteiger partial charge in [-0.2, -0.15) is 8.78 Å². The maximum absolute atomic E-state index is 15.7. The lowest BCUT2D eigenvalue weighted by Crippen LogP contribution is -2.42. The van der Waals surface area contributed by atoms with E-state index in [1.54, 1.807) is 24.3 Å². The smallest absolute Gasteiger partial charge is 0.334 e. The number of anilines is 1. The van der Waals surface area contributed by atoms with Crippen molar-refractivity contribution in [2.45, 2.75) is 44.4 Å². The molecule has 0 bridgehead atoms. The van der Waals surface area contributed by atoms with Crippen LogP contribution in [0.25, 0.3) is 10.9 Å². The van der Waals surface area contributed by atoms with Crippen molar-refractivity contribution < 1.29 is 32.7 Å². The van der Waals surface area contributed by atoms with Crippen molar-refractivity contribution in [1.82, 2.24) is 4.98 Å². The number of carbonyl (C=O) groups excluding carboxylic acids is 1. The van der Waals surface area contributed by atoms with Crippen LogP contribution in [0.3, 0.4) is 0 Å². The highest BCUT2D eigenvalue weighted by molar-refractivity contribution is 6.03. The van der Waals surface area contributed by atoms with Gasteiger partial charge in [0.15, 0.2) is 0 Å². The van der Waals surface area contributed by atoms with E-state index in [1.807, 2.05) is 11.8 Å². The van der Waals surface area contributed by atoms with Crippen LogP contribution < -0.4 is 14.4 Å². The summed E-state index contributed by atoms with van der Waals surface area (Å²) in [7, 11) is 3.05. The zero-order valence-electron chi connectivity index (χ0n) is 24.0. The topological polar surface area (TPSA) is 104 Å². The number of rotatable bonds is 10. The predicted molar refractivity (Wildman–Crippen MR) is 157 cm³/mol. The molecular formula is C32H31F2N3O6. The number of hydrogen-bond acceptors (Lipinski definition) is 8. The summed E-state index contributed by atoms with van der Waals surface area (Å²) in [5.41, 5.74) is 0.0569. The zero-order valence-corrected chi connectivity index (χ0v) is 24.0. The fraction of sp³-hybridized carbons (Fsp3) is 0.312. The number of nitrogens with zero attached hydrogens (tertiary/aromatic N) is 3. The van der Waals surface area contributed by atoms with Gasteiger partial charge >= 0.3 is 11.6 Å². The number of ether oxygens (including phenoxy) is 3. The molecule has 224 valence electrons. The Balaban J connectivity index is 1.71. The maximum Gasteiger partial charge on any atom is 0.334 e. The highest BCUT2D eigenvalue weighted by Crippen LogP contribution is 2.42. The number of nitro groups is 1. The van der Waals surface area contributed by atoms with Gasteiger partial charge in [0, 0.05) is 47.3 Å². The minimum absolute atomic E-state index is 0.130. The Kier molecular flexibility index (Phi) is 8.54. The normalized spacial score (nSPS) is 17.0. The van der Waals surface area contributed by atoms with E-state index in [0.29, 0.717) is 36.5 Å². The fourth-order valence-electron chi connectivity index (χ4n) is 5.51. The Hall–Kier alpha value is -4.64. The molecule has 3 aromatic carbocycles. The molecule has 9 nitrogen and oxygen atoms in total. The van der Waals surface area contributed by atoms with Crippen molar-refractivity contribution in [2.24, 2.45) is 0 Å². The number of ketones is 1. The summed E-state index contributed by atoms with van der Waals surface area (Å²) in [6, 6.07) is 16.0. The minimum Gasteiger partial charge on any atom is -0.497 e. The van der Waals surface area contributed by atoms with Crippen molar-refractivity contribution in [2.75, 3.05) is 25.7 Å². The van der Waals surface area contributed by atoms with Crippen molar-refractivity contribution >= 4 is 28.1 Å². The Morgan fingerprint density at radius 1 is 1.12 bits per heavy atom. The second kappa shape index (κ2) is 12.3. The molecule has 11 heteroatoms. The molecule has 1 fully saturated rings. The first-order chi connectivity index (χ1) is 20.6. The number of pyridine rings is 1. The third kappa shape index (κ3) is 5.98. The highest BCUT2D eigenvalue weighted by atomic mass is 19.3. The van der Waals surface area contributed by atoms with Gasteiger partial charge in [-0.25, -0.2) is 4.98 Å². The lowest BCUT2D eigenvalue weighted by molar-refractivity contribution is -0.384. The lowest BCUT2D eigenvalue weighted by atomic mass is 9.95. The van der Waals surface area contributed by atoms with Gasteiger partial charge in [-0.05, 0) is 44.0 Å². The van der Waals surface area contributed by atoms with Gasteiger partial charge in [0.25, 0.3) is 0 Å². The van der Waals surface area contributed by atoms with Crippen LogP contribution >= 0.6 is 0 Å². The second-order valence-corrected chi connectivity index (χ2v) is 10.4. The molecule has 2 atom stereocenters. The van der Waals surface area contributed by atoms with Crippen molar-refractivity contribution in [1.29, 1.82) is 0 Å². The Labute approximate surface area is 247 Å². The molecule has 0 saturated carbocycles. The number of fused-ring (bicyclic) bond motifs is 1. The fourth-order valence-corrected chi connectivity index (χ4v) is 5.51. The van der Waals surface area contributed by atoms with Crippen molar-refractivity contribution in [3.05, 3.63) is 99.7 Å². The largest absolute Gasteiger partial charge is 0.497 e. The van der Waals surface area contributed by atoms with Crippen LogP contribution in [0.5, 0.6) is 11.5 Å². The van der Waals surface area contributed by atoms with Crippen LogP contribution in [0.1, 0.15) is 41.3 Å². The van der Waals surface area contributed by atoms with Gasteiger partial charge in [0.2, 0.25) is 5.78 Å². The van der Waals surface area contributed by atoms with E-state index in [0.717, 1.165) is 18.3 Å². The number of aromatic nitrogens is 1. The second-order valence-electron chi connectivity index (χ2n) is 10.4. The van der Waals surface area contributed by atoms with E-state index < -0.39 is 22.2 Å². The molecule has 2 heterocycles. The number of Topliss-reactive ketones (excluding diaryl/α,β-unsaturated/α-hetero) is 1. The van der Waals surface area contributed by atoms with Crippen molar-refractivity contribution in [3.63, 3.8) is 0 Å². The van der Waals surface area contributed by atoms with Crippen LogP contribution in [0.2, 0.25) is 0 Å². The SMILES string of the molecule is COc1ccc(CN(c2c([N+](=O)[O-])cnc3ccc(C(F)(F)C(=O)c4ccccc4)cc23)C2CCO[C@H](C)C2)c(OC)c1. The van der Waals surface area contributed by atoms with Gasteiger partial charge in [0.05, 0.1) is 30.8 Å². The standard InChI is InChI=1S/C32H31F2N3O6/c1-20-15-24(13-14-43-20)36(19-22-9-11-25(41-2)17-29(22)42-3)30-26-16-23(10-12-27(26)35-18-28(30)37(39)40)32(33,34)31(38)21-7-5-4-6-8-21/h4-12,16-18,20,24H,13-15,19H2,1-3H3/t20-,24?/m1/s1. The van der Waals surface area contributed by atoms with E-state index in [-0.39, 0.29) is 46.5 Å². The Morgan fingerprint density at radius 3 is 2.56 bits per heavy atom. The molecule has 43 heavy (non-hydrogen) atoms. The van der Waals surface area contributed by atoms with E-state index in [4.69, 9.17) is 14.2 Å². The average molecular weight is 592 g/mol. The van der Waals surface area contributed by atoms with Gasteiger partial charge in [-0.15, -0.1) is 0 Å². The van der Waals surface area contributed by atoms with Crippen LogP contribution in [-0.4, -0.2) is 48.7 Å². The van der Waals surface area contributed by atoms with Gasteiger partial charge < -0.3 is 19.1 Å². The van der Waals surface area contributed by atoms with E-state index >= 15 is 8.78 Å². The molecule has 0 N–H and O–H groups in total. The third-order valence-corrected chi connectivity index (χ3v) is 7.72. The first-order valence-electron chi connectivity index (χ1n) is 13.8. The van der Waals surface area contributed by atoms with Crippen LogP contribution in [0.4, 0.5) is 20.2 Å². The summed E-state index contributed by atoms with van der Waals surface area (Å²) in [5.74, 6) is -4.19. The van der Waals surface area contributed by atoms with Crippen LogP contribution in [0.15, 0.2) is 72.9 Å².